The molecule has 2 aliphatic heterocycles. The van der Waals surface area contributed by atoms with Crippen molar-refractivity contribution in [3.8, 4) is 0 Å². The molecule has 1 saturated carbocycles. The van der Waals surface area contributed by atoms with E-state index in [1.165, 1.54) is 13.0 Å². The Bertz CT molecular complexity index is 409. The van der Waals surface area contributed by atoms with Crippen LogP contribution in [-0.2, 0) is 9.53 Å². The summed E-state index contributed by atoms with van der Waals surface area (Å²) in [4.78, 5) is 17.5. The maximum Gasteiger partial charge on any atom is 0.227 e. The van der Waals surface area contributed by atoms with E-state index < -0.39 is 0 Å². The first kappa shape index (κ1) is 23.0. The lowest BCUT2D eigenvalue weighted by atomic mass is 9.73. The van der Waals surface area contributed by atoms with E-state index in [2.05, 4.69) is 16.7 Å². The Morgan fingerprint density at radius 2 is 1.72 bits per heavy atom. The molecule has 0 aromatic heterocycles. The number of halogens is 2. The maximum atomic E-state index is 12.9. The first-order valence-electron chi connectivity index (χ1n) is 9.44. The van der Waals surface area contributed by atoms with Gasteiger partial charge in [-0.25, -0.2) is 0 Å². The zero-order chi connectivity index (χ0) is 16.3. The number of rotatable bonds is 3. The largest absolute Gasteiger partial charge is 0.379 e. The molecule has 1 aliphatic carbocycles. The number of ether oxygens (including phenoxy) is 1. The Labute approximate surface area is 164 Å². The number of carbonyl (C=O) groups is 1. The average Bonchev–Trinajstić information content (AvgIpc) is 2.55. The molecule has 2 N–H and O–H groups in total. The van der Waals surface area contributed by atoms with Crippen molar-refractivity contribution in [1.29, 1.82) is 0 Å². The van der Waals surface area contributed by atoms with Crippen LogP contribution in [0.15, 0.2) is 0 Å². The lowest BCUT2D eigenvalue weighted by Gasteiger charge is -2.42. The zero-order valence-corrected chi connectivity index (χ0v) is 17.1. The van der Waals surface area contributed by atoms with Crippen LogP contribution in [-0.4, -0.2) is 67.2 Å². The van der Waals surface area contributed by atoms with Crippen LogP contribution in [0.1, 0.15) is 45.4 Å². The summed E-state index contributed by atoms with van der Waals surface area (Å²) >= 11 is 0. The molecule has 5 nitrogen and oxygen atoms in total. The molecule has 0 radical (unpaired) electrons. The highest BCUT2D eigenvalue weighted by Gasteiger charge is 2.40. The number of nitrogens with two attached hydrogens (primary N) is 1. The van der Waals surface area contributed by atoms with Crippen LogP contribution in [0.3, 0.4) is 0 Å². The number of hydrogen-bond acceptors (Lipinski definition) is 4. The van der Waals surface area contributed by atoms with Crippen molar-refractivity contribution < 1.29 is 9.53 Å². The first-order valence-corrected chi connectivity index (χ1v) is 9.44. The van der Waals surface area contributed by atoms with Gasteiger partial charge in [0.2, 0.25) is 5.91 Å². The number of hydrogen-bond donors (Lipinski definition) is 1. The van der Waals surface area contributed by atoms with Gasteiger partial charge in [-0.1, -0.05) is 12.8 Å². The Morgan fingerprint density at radius 1 is 1.08 bits per heavy atom. The average molecular weight is 396 g/mol. The van der Waals surface area contributed by atoms with Gasteiger partial charge in [0.05, 0.1) is 19.1 Å². The van der Waals surface area contributed by atoms with Gasteiger partial charge in [0.15, 0.2) is 0 Å². The van der Waals surface area contributed by atoms with Gasteiger partial charge in [-0.15, -0.1) is 24.8 Å². The minimum atomic E-state index is -0.306. The highest BCUT2D eigenvalue weighted by Crippen LogP contribution is 2.34. The fourth-order valence-electron chi connectivity index (χ4n) is 4.47. The van der Waals surface area contributed by atoms with Gasteiger partial charge in [0, 0.05) is 38.3 Å². The van der Waals surface area contributed by atoms with E-state index in [9.17, 15) is 4.79 Å². The molecule has 25 heavy (non-hydrogen) atoms. The third-order valence-electron chi connectivity index (χ3n) is 6.10. The molecular weight excluding hydrogens is 361 g/mol. The van der Waals surface area contributed by atoms with E-state index in [1.807, 2.05) is 0 Å². The van der Waals surface area contributed by atoms with Gasteiger partial charge in [-0.3, -0.25) is 9.69 Å². The van der Waals surface area contributed by atoms with Crippen LogP contribution < -0.4 is 5.73 Å². The molecule has 3 aliphatic rings. The predicted molar refractivity (Wildman–Crippen MR) is 106 cm³/mol. The van der Waals surface area contributed by atoms with Crippen molar-refractivity contribution in [1.82, 2.24) is 9.80 Å². The van der Waals surface area contributed by atoms with Crippen molar-refractivity contribution in [2.45, 2.75) is 51.0 Å². The molecule has 0 bridgehead atoms. The predicted octanol–water partition coefficient (Wildman–Crippen LogP) is 2.31. The molecule has 2 atom stereocenters. The molecule has 0 spiro atoms. The summed E-state index contributed by atoms with van der Waals surface area (Å²) in [6.45, 7) is 8.94. The monoisotopic (exact) mass is 395 g/mol. The highest BCUT2D eigenvalue weighted by atomic mass is 35.5. The number of likely N-dealkylation sites (tertiary alicyclic amines) is 1. The highest BCUT2D eigenvalue weighted by molar-refractivity contribution is 5.85. The van der Waals surface area contributed by atoms with Gasteiger partial charge in [-0.2, -0.15) is 0 Å². The first-order chi connectivity index (χ1) is 11.1. The van der Waals surface area contributed by atoms with E-state index in [0.717, 1.165) is 77.4 Å². The molecule has 3 fully saturated rings. The van der Waals surface area contributed by atoms with E-state index in [1.54, 1.807) is 0 Å². The molecule has 2 heterocycles. The molecule has 0 aromatic rings. The second kappa shape index (κ2) is 10.3. The SMILES string of the molecule is CC1(N)CCCCC1C(=O)N1CCC(CN2CCOCC2)CC1.Cl.Cl. The van der Waals surface area contributed by atoms with Crippen LogP contribution in [0.5, 0.6) is 0 Å². The third-order valence-corrected chi connectivity index (χ3v) is 6.10. The van der Waals surface area contributed by atoms with Crippen molar-refractivity contribution in [2.24, 2.45) is 17.6 Å². The Kier molecular flexibility index (Phi) is 9.47. The van der Waals surface area contributed by atoms with Crippen LogP contribution in [0.2, 0.25) is 0 Å². The minimum Gasteiger partial charge on any atom is -0.379 e. The summed E-state index contributed by atoms with van der Waals surface area (Å²) in [5.41, 5.74) is 6.11. The summed E-state index contributed by atoms with van der Waals surface area (Å²) in [6.07, 6.45) is 6.54. The maximum absolute atomic E-state index is 12.9. The van der Waals surface area contributed by atoms with Gasteiger partial charge >= 0.3 is 0 Å². The second-order valence-corrected chi connectivity index (χ2v) is 7.99. The van der Waals surface area contributed by atoms with Crippen LogP contribution in [0.25, 0.3) is 0 Å². The van der Waals surface area contributed by atoms with Crippen molar-refractivity contribution in [3.63, 3.8) is 0 Å². The van der Waals surface area contributed by atoms with Crippen LogP contribution >= 0.6 is 24.8 Å². The lowest BCUT2D eigenvalue weighted by molar-refractivity contribution is -0.140. The van der Waals surface area contributed by atoms with E-state index in [4.69, 9.17) is 10.5 Å². The van der Waals surface area contributed by atoms with Crippen molar-refractivity contribution >= 4 is 30.7 Å². The van der Waals surface area contributed by atoms with Gasteiger partial charge in [0.25, 0.3) is 0 Å². The smallest absolute Gasteiger partial charge is 0.227 e. The summed E-state index contributed by atoms with van der Waals surface area (Å²) < 4.78 is 5.42. The molecule has 3 rings (SSSR count). The second-order valence-electron chi connectivity index (χ2n) is 7.99. The topological polar surface area (TPSA) is 58.8 Å². The normalized spacial score (nSPS) is 31.8. The van der Waals surface area contributed by atoms with Gasteiger partial charge in [-0.05, 0) is 38.5 Å². The minimum absolute atomic E-state index is 0. The summed E-state index contributed by atoms with van der Waals surface area (Å²) in [6, 6.07) is 0. The van der Waals surface area contributed by atoms with Crippen molar-refractivity contribution in [3.05, 3.63) is 0 Å². The Balaban J connectivity index is 0.00000156. The summed E-state index contributed by atoms with van der Waals surface area (Å²) in [5, 5.41) is 0. The molecule has 0 aromatic carbocycles. The molecular formula is C18H35Cl2N3O2. The quantitative estimate of drug-likeness (QED) is 0.796. The standard InChI is InChI=1S/C18H33N3O2.2ClH/c1-18(19)7-3-2-4-16(18)17(22)21-8-5-15(6-9-21)14-20-10-12-23-13-11-20;;/h15-16H,2-14,19H2,1H3;2*1H. The summed E-state index contributed by atoms with van der Waals surface area (Å²) in [5.74, 6) is 1.08. The molecule has 7 heteroatoms. The fraction of sp³-hybridized carbons (Fsp3) is 0.944. The Morgan fingerprint density at radius 3 is 2.32 bits per heavy atom. The molecule has 2 unspecified atom stereocenters. The Hall–Kier alpha value is -0.0700. The van der Waals surface area contributed by atoms with Crippen LogP contribution in [0, 0.1) is 11.8 Å². The molecule has 2 saturated heterocycles. The number of carbonyl (C=O) groups excluding carboxylic acids is 1. The lowest BCUT2D eigenvalue weighted by Crippen LogP contribution is -2.55. The van der Waals surface area contributed by atoms with E-state index in [-0.39, 0.29) is 36.3 Å². The number of amides is 1. The van der Waals surface area contributed by atoms with E-state index >= 15 is 0 Å². The van der Waals surface area contributed by atoms with Gasteiger partial charge in [0.1, 0.15) is 0 Å². The molecule has 1 amide bonds. The number of nitrogens with zero attached hydrogens (tertiary/aromatic N) is 2. The van der Waals surface area contributed by atoms with E-state index in [0.29, 0.717) is 5.91 Å². The van der Waals surface area contributed by atoms with Gasteiger partial charge < -0.3 is 15.4 Å². The van der Waals surface area contributed by atoms with Crippen LogP contribution in [0.4, 0.5) is 0 Å². The summed E-state index contributed by atoms with van der Waals surface area (Å²) in [7, 11) is 0. The zero-order valence-electron chi connectivity index (χ0n) is 15.5. The molecule has 148 valence electrons. The van der Waals surface area contributed by atoms with Crippen molar-refractivity contribution in [2.75, 3.05) is 45.9 Å². The number of morpholine rings is 1. The third kappa shape index (κ3) is 5.96. The fourth-order valence-corrected chi connectivity index (χ4v) is 4.47. The number of piperidine rings is 1.